The minimum Gasteiger partial charge on any atom is -0.390 e. The van der Waals surface area contributed by atoms with Crippen molar-refractivity contribution in [3.05, 3.63) is 50.9 Å². The minimum absolute atomic E-state index is 0.0858. The third-order valence-corrected chi connectivity index (χ3v) is 5.62. The predicted octanol–water partition coefficient (Wildman–Crippen LogP) is 4.30. The summed E-state index contributed by atoms with van der Waals surface area (Å²) >= 11 is 1.61. The van der Waals surface area contributed by atoms with Gasteiger partial charge in [0.2, 0.25) is 0 Å². The molecule has 2 aromatic rings. The largest absolute Gasteiger partial charge is 0.390 e. The number of rotatable bonds is 2. The number of nitrogen functional groups attached to an aromatic ring is 1. The second-order valence-electron chi connectivity index (χ2n) is 6.22. The predicted molar refractivity (Wildman–Crippen MR) is 89.3 cm³/mol. The lowest BCUT2D eigenvalue weighted by Gasteiger charge is -2.18. The van der Waals surface area contributed by atoms with Gasteiger partial charge in [-0.15, -0.1) is 11.3 Å². The molecule has 0 radical (unpaired) electrons. The van der Waals surface area contributed by atoms with Crippen molar-refractivity contribution >= 4 is 22.1 Å². The number of aryl methyl sites for hydroxylation is 2. The first-order valence-corrected chi connectivity index (χ1v) is 8.31. The monoisotopic (exact) mass is 299 g/mol. The van der Waals surface area contributed by atoms with Crippen LogP contribution in [0, 0.1) is 19.8 Å². The Morgan fingerprint density at radius 1 is 1.29 bits per heavy atom. The first kappa shape index (κ1) is 14.3. The van der Waals surface area contributed by atoms with Gasteiger partial charge in [-0.3, -0.25) is 4.79 Å². The summed E-state index contributed by atoms with van der Waals surface area (Å²) in [7, 11) is 0. The summed E-state index contributed by atoms with van der Waals surface area (Å²) in [6.45, 7) is 6.37. The van der Waals surface area contributed by atoms with Gasteiger partial charge in [-0.2, -0.15) is 0 Å². The molecule has 0 spiro atoms. The van der Waals surface area contributed by atoms with Gasteiger partial charge in [0.1, 0.15) is 0 Å². The molecule has 1 aliphatic carbocycles. The van der Waals surface area contributed by atoms with Gasteiger partial charge in [0.25, 0.3) is 0 Å². The van der Waals surface area contributed by atoms with E-state index < -0.39 is 0 Å². The number of hydrogen-bond donors (Lipinski definition) is 1. The molecule has 2 N–H and O–H groups in total. The van der Waals surface area contributed by atoms with Crippen molar-refractivity contribution in [2.45, 2.75) is 40.0 Å². The lowest BCUT2D eigenvalue weighted by Crippen LogP contribution is -2.13. The second kappa shape index (κ2) is 5.30. The molecule has 0 aliphatic heterocycles. The van der Waals surface area contributed by atoms with Crippen LogP contribution < -0.4 is 5.73 Å². The molecule has 0 bridgehead atoms. The summed E-state index contributed by atoms with van der Waals surface area (Å²) < 4.78 is 0. The molecule has 110 valence electrons. The average molecular weight is 299 g/mol. The van der Waals surface area contributed by atoms with Gasteiger partial charge in [-0.25, -0.2) is 0 Å². The van der Waals surface area contributed by atoms with Crippen LogP contribution in [0.3, 0.4) is 0 Å². The molecule has 1 atom stereocenters. The maximum absolute atomic E-state index is 12.9. The van der Waals surface area contributed by atoms with Crippen LogP contribution in [0.5, 0.6) is 0 Å². The van der Waals surface area contributed by atoms with Crippen LogP contribution in [-0.2, 0) is 12.8 Å². The Hall–Kier alpha value is -1.61. The van der Waals surface area contributed by atoms with Crippen molar-refractivity contribution in [2.24, 2.45) is 5.92 Å². The van der Waals surface area contributed by atoms with Crippen LogP contribution in [0.2, 0.25) is 0 Å². The fourth-order valence-corrected chi connectivity index (χ4v) is 4.33. The number of hydrogen-bond acceptors (Lipinski definition) is 3. The van der Waals surface area contributed by atoms with E-state index in [9.17, 15) is 4.79 Å². The fourth-order valence-electron chi connectivity index (χ4n) is 3.05. The van der Waals surface area contributed by atoms with Gasteiger partial charge in [0, 0.05) is 10.4 Å². The summed E-state index contributed by atoms with van der Waals surface area (Å²) in [5.74, 6) is 0.780. The van der Waals surface area contributed by atoms with Gasteiger partial charge in [0.15, 0.2) is 5.78 Å². The molecular weight excluding hydrogens is 278 g/mol. The van der Waals surface area contributed by atoms with Gasteiger partial charge in [-0.1, -0.05) is 19.1 Å². The summed E-state index contributed by atoms with van der Waals surface area (Å²) in [5.41, 5.74) is 11.3. The van der Waals surface area contributed by atoms with Crippen LogP contribution in [-0.4, -0.2) is 5.78 Å². The molecular formula is C18H21NOS. The molecule has 0 saturated heterocycles. The standard InChI is InChI=1S/C18H21NOS/c1-10-4-7-14-15(8-10)21-18(19)16(14)17(20)13-6-5-11(2)12(3)9-13/h5-6,9-10H,4,7-8,19H2,1-3H3. The molecule has 1 aliphatic rings. The number of fused-ring (bicyclic) bond motifs is 1. The SMILES string of the molecule is Cc1ccc(C(=O)c2c(N)sc3c2CCC(C)C3)cc1C. The van der Waals surface area contributed by atoms with Gasteiger partial charge in [0.05, 0.1) is 10.6 Å². The van der Waals surface area contributed by atoms with E-state index in [1.807, 2.05) is 25.1 Å². The normalized spacial score (nSPS) is 17.6. The second-order valence-corrected chi connectivity index (χ2v) is 7.36. The molecule has 2 nitrogen and oxygen atoms in total. The maximum Gasteiger partial charge on any atom is 0.196 e. The van der Waals surface area contributed by atoms with E-state index in [0.29, 0.717) is 10.9 Å². The average Bonchev–Trinajstić information content (AvgIpc) is 2.76. The zero-order valence-electron chi connectivity index (χ0n) is 12.8. The highest BCUT2D eigenvalue weighted by atomic mass is 32.1. The van der Waals surface area contributed by atoms with Crippen LogP contribution in [0.4, 0.5) is 5.00 Å². The molecule has 1 aromatic carbocycles. The van der Waals surface area contributed by atoms with E-state index in [1.165, 1.54) is 16.0 Å². The number of carbonyl (C=O) groups excluding carboxylic acids is 1. The number of thiophene rings is 1. The van der Waals surface area contributed by atoms with E-state index in [4.69, 9.17) is 5.73 Å². The highest BCUT2D eigenvalue weighted by Gasteiger charge is 2.27. The Kier molecular flexibility index (Phi) is 3.62. The van der Waals surface area contributed by atoms with Crippen molar-refractivity contribution in [1.82, 2.24) is 0 Å². The number of nitrogens with two attached hydrogens (primary N) is 1. The Morgan fingerprint density at radius 3 is 2.76 bits per heavy atom. The fraction of sp³-hybridized carbons (Fsp3) is 0.389. The number of ketones is 1. The summed E-state index contributed by atoms with van der Waals surface area (Å²) in [4.78, 5) is 14.2. The van der Waals surface area contributed by atoms with Crippen LogP contribution in [0.25, 0.3) is 0 Å². The van der Waals surface area contributed by atoms with Crippen molar-refractivity contribution < 1.29 is 4.79 Å². The summed E-state index contributed by atoms with van der Waals surface area (Å²) in [6.07, 6.45) is 3.19. The molecule has 1 unspecified atom stereocenters. The third-order valence-electron chi connectivity index (χ3n) is 4.54. The Balaban J connectivity index is 2.04. The zero-order valence-corrected chi connectivity index (χ0v) is 13.6. The highest BCUT2D eigenvalue weighted by molar-refractivity contribution is 7.16. The molecule has 0 amide bonds. The van der Waals surface area contributed by atoms with Gasteiger partial charge >= 0.3 is 0 Å². The number of benzene rings is 1. The van der Waals surface area contributed by atoms with Crippen molar-refractivity contribution in [3.8, 4) is 0 Å². The quantitative estimate of drug-likeness (QED) is 0.840. The minimum atomic E-state index is 0.0858. The maximum atomic E-state index is 12.9. The first-order valence-electron chi connectivity index (χ1n) is 7.49. The van der Waals surface area contributed by atoms with Crippen molar-refractivity contribution in [1.29, 1.82) is 0 Å². The molecule has 1 aromatic heterocycles. The van der Waals surface area contributed by atoms with Crippen LogP contribution >= 0.6 is 11.3 Å². The van der Waals surface area contributed by atoms with E-state index in [1.54, 1.807) is 11.3 Å². The Bertz CT molecular complexity index is 714. The number of carbonyl (C=O) groups is 1. The highest BCUT2D eigenvalue weighted by Crippen LogP contribution is 2.39. The number of anilines is 1. The van der Waals surface area contributed by atoms with Crippen LogP contribution in [0.1, 0.15) is 50.8 Å². The lowest BCUT2D eigenvalue weighted by molar-refractivity contribution is 0.103. The van der Waals surface area contributed by atoms with Crippen molar-refractivity contribution in [2.75, 3.05) is 5.73 Å². The smallest absolute Gasteiger partial charge is 0.196 e. The topological polar surface area (TPSA) is 43.1 Å². The van der Waals surface area contributed by atoms with E-state index in [-0.39, 0.29) is 5.78 Å². The molecule has 3 heteroatoms. The molecule has 3 rings (SSSR count). The Labute approximate surface area is 130 Å². The molecule has 21 heavy (non-hydrogen) atoms. The summed E-state index contributed by atoms with van der Waals surface area (Å²) in [5, 5.41) is 0.692. The van der Waals surface area contributed by atoms with Crippen LogP contribution in [0.15, 0.2) is 18.2 Å². The van der Waals surface area contributed by atoms with E-state index >= 15 is 0 Å². The Morgan fingerprint density at radius 2 is 2.05 bits per heavy atom. The third kappa shape index (κ3) is 2.51. The molecule has 0 saturated carbocycles. The molecule has 0 fully saturated rings. The van der Waals surface area contributed by atoms with Crippen molar-refractivity contribution in [3.63, 3.8) is 0 Å². The van der Waals surface area contributed by atoms with E-state index in [0.717, 1.165) is 36.0 Å². The zero-order chi connectivity index (χ0) is 15.1. The lowest BCUT2D eigenvalue weighted by atomic mass is 9.86. The first-order chi connectivity index (χ1) is 9.97. The molecule has 1 heterocycles. The van der Waals surface area contributed by atoms with E-state index in [2.05, 4.69) is 13.8 Å². The van der Waals surface area contributed by atoms with Gasteiger partial charge in [-0.05, 0) is 61.8 Å². The van der Waals surface area contributed by atoms with Gasteiger partial charge < -0.3 is 5.73 Å². The summed E-state index contributed by atoms with van der Waals surface area (Å²) in [6, 6.07) is 5.91.